The van der Waals surface area contributed by atoms with Crippen LogP contribution in [0.4, 0.5) is 0 Å². The first-order valence-corrected chi connectivity index (χ1v) is 6.34. The van der Waals surface area contributed by atoms with Crippen LogP contribution in [0, 0.1) is 5.92 Å². The van der Waals surface area contributed by atoms with E-state index in [1.54, 1.807) is 32.4 Å². The molecule has 2 unspecified atom stereocenters. The van der Waals surface area contributed by atoms with E-state index in [0.717, 1.165) is 0 Å². The molecule has 0 heterocycles. The SMILES string of the molecule is COc1ccc(OC)c(C(O)CNCC(C)CO)c1. The summed E-state index contributed by atoms with van der Waals surface area (Å²) in [5, 5.41) is 22.2. The molecule has 0 saturated carbocycles. The second-order valence-corrected chi connectivity index (χ2v) is 4.57. The minimum absolute atomic E-state index is 0.131. The van der Waals surface area contributed by atoms with Gasteiger partial charge in [-0.15, -0.1) is 0 Å². The first-order chi connectivity index (χ1) is 9.12. The van der Waals surface area contributed by atoms with Crippen molar-refractivity contribution in [3.63, 3.8) is 0 Å². The van der Waals surface area contributed by atoms with E-state index < -0.39 is 6.10 Å². The van der Waals surface area contributed by atoms with E-state index in [4.69, 9.17) is 14.6 Å². The van der Waals surface area contributed by atoms with E-state index >= 15 is 0 Å². The maximum atomic E-state index is 10.2. The number of ether oxygens (including phenoxy) is 2. The standard InChI is InChI=1S/C14H23NO4/c1-10(9-16)7-15-8-13(17)12-6-11(18-2)4-5-14(12)19-3/h4-6,10,13,15-17H,7-9H2,1-3H3. The third-order valence-electron chi connectivity index (χ3n) is 2.94. The van der Waals surface area contributed by atoms with Crippen molar-refractivity contribution in [2.24, 2.45) is 5.92 Å². The lowest BCUT2D eigenvalue weighted by molar-refractivity contribution is 0.164. The number of hydrogen-bond donors (Lipinski definition) is 3. The molecule has 5 nitrogen and oxygen atoms in total. The van der Waals surface area contributed by atoms with E-state index in [0.29, 0.717) is 30.2 Å². The quantitative estimate of drug-likeness (QED) is 0.655. The summed E-state index contributed by atoms with van der Waals surface area (Å²) >= 11 is 0. The Hall–Kier alpha value is -1.30. The third-order valence-corrected chi connectivity index (χ3v) is 2.94. The maximum Gasteiger partial charge on any atom is 0.124 e. The molecule has 0 amide bonds. The Kier molecular flexibility index (Phi) is 6.62. The van der Waals surface area contributed by atoms with Gasteiger partial charge in [0.15, 0.2) is 0 Å². The van der Waals surface area contributed by atoms with Gasteiger partial charge in [-0.05, 0) is 30.7 Å². The van der Waals surface area contributed by atoms with Gasteiger partial charge in [0.05, 0.1) is 20.3 Å². The lowest BCUT2D eigenvalue weighted by atomic mass is 10.1. The second-order valence-electron chi connectivity index (χ2n) is 4.57. The number of methoxy groups -OCH3 is 2. The molecule has 5 heteroatoms. The molecule has 1 aromatic carbocycles. The zero-order chi connectivity index (χ0) is 14.3. The van der Waals surface area contributed by atoms with Gasteiger partial charge >= 0.3 is 0 Å². The van der Waals surface area contributed by atoms with Gasteiger partial charge < -0.3 is 25.0 Å². The lowest BCUT2D eigenvalue weighted by Gasteiger charge is -2.17. The molecular weight excluding hydrogens is 246 g/mol. The van der Waals surface area contributed by atoms with Crippen LogP contribution in [0.2, 0.25) is 0 Å². The first kappa shape index (κ1) is 15.8. The number of hydrogen-bond acceptors (Lipinski definition) is 5. The van der Waals surface area contributed by atoms with Crippen molar-refractivity contribution in [1.82, 2.24) is 5.32 Å². The third kappa shape index (κ3) is 4.70. The molecule has 0 aliphatic carbocycles. The Bertz CT molecular complexity index is 384. The predicted octanol–water partition coefficient (Wildman–Crippen LogP) is 0.955. The van der Waals surface area contributed by atoms with Crippen molar-refractivity contribution in [2.75, 3.05) is 33.9 Å². The molecule has 0 aromatic heterocycles. The van der Waals surface area contributed by atoms with E-state index in [2.05, 4.69) is 5.32 Å². The summed E-state index contributed by atoms with van der Waals surface area (Å²) < 4.78 is 10.4. The number of benzene rings is 1. The highest BCUT2D eigenvalue weighted by Gasteiger charge is 2.14. The molecule has 1 aromatic rings. The normalized spacial score (nSPS) is 13.9. The smallest absolute Gasteiger partial charge is 0.124 e. The highest BCUT2D eigenvalue weighted by Crippen LogP contribution is 2.28. The summed E-state index contributed by atoms with van der Waals surface area (Å²) in [5.41, 5.74) is 0.686. The van der Waals surface area contributed by atoms with Gasteiger partial charge in [-0.2, -0.15) is 0 Å². The lowest BCUT2D eigenvalue weighted by Crippen LogP contribution is -2.27. The number of aliphatic hydroxyl groups is 2. The molecule has 0 aliphatic rings. The molecule has 1 rings (SSSR count). The van der Waals surface area contributed by atoms with Gasteiger partial charge in [-0.1, -0.05) is 6.92 Å². The fourth-order valence-corrected chi connectivity index (χ4v) is 1.74. The van der Waals surface area contributed by atoms with Gasteiger partial charge in [0.25, 0.3) is 0 Å². The van der Waals surface area contributed by atoms with Crippen molar-refractivity contribution in [2.45, 2.75) is 13.0 Å². The summed E-state index contributed by atoms with van der Waals surface area (Å²) in [6, 6.07) is 5.32. The molecule has 0 radical (unpaired) electrons. The average molecular weight is 269 g/mol. The molecular formula is C14H23NO4. The van der Waals surface area contributed by atoms with Crippen molar-refractivity contribution in [1.29, 1.82) is 0 Å². The number of nitrogens with one attached hydrogen (secondary N) is 1. The summed E-state index contributed by atoms with van der Waals surface area (Å²) in [4.78, 5) is 0. The van der Waals surface area contributed by atoms with Crippen LogP contribution in [0.1, 0.15) is 18.6 Å². The second kappa shape index (κ2) is 7.99. The molecule has 19 heavy (non-hydrogen) atoms. The molecule has 2 atom stereocenters. The Balaban J connectivity index is 2.66. The minimum Gasteiger partial charge on any atom is -0.497 e. The highest BCUT2D eigenvalue weighted by atomic mass is 16.5. The van der Waals surface area contributed by atoms with Crippen LogP contribution in [-0.2, 0) is 0 Å². The average Bonchev–Trinajstić information content (AvgIpc) is 2.45. The van der Waals surface area contributed by atoms with Crippen LogP contribution in [0.5, 0.6) is 11.5 Å². The van der Waals surface area contributed by atoms with Crippen LogP contribution >= 0.6 is 0 Å². The predicted molar refractivity (Wildman–Crippen MR) is 73.6 cm³/mol. The summed E-state index contributed by atoms with van der Waals surface area (Å²) in [5.74, 6) is 1.48. The highest BCUT2D eigenvalue weighted by molar-refractivity contribution is 5.41. The van der Waals surface area contributed by atoms with Crippen LogP contribution in [-0.4, -0.2) is 44.1 Å². The van der Waals surface area contributed by atoms with Crippen LogP contribution < -0.4 is 14.8 Å². The van der Waals surface area contributed by atoms with E-state index in [1.807, 2.05) is 6.92 Å². The van der Waals surface area contributed by atoms with Crippen molar-refractivity contribution in [3.8, 4) is 11.5 Å². The molecule has 3 N–H and O–H groups in total. The van der Waals surface area contributed by atoms with Crippen molar-refractivity contribution < 1.29 is 19.7 Å². The van der Waals surface area contributed by atoms with Crippen LogP contribution in [0.25, 0.3) is 0 Å². The number of rotatable bonds is 8. The molecule has 0 fully saturated rings. The van der Waals surface area contributed by atoms with Crippen LogP contribution in [0.3, 0.4) is 0 Å². The summed E-state index contributed by atoms with van der Waals surface area (Å²) in [6.45, 7) is 3.12. The molecule has 0 saturated heterocycles. The largest absolute Gasteiger partial charge is 0.497 e. The van der Waals surface area contributed by atoms with Crippen LogP contribution in [0.15, 0.2) is 18.2 Å². The minimum atomic E-state index is -0.684. The molecule has 0 aliphatic heterocycles. The van der Waals surface area contributed by atoms with E-state index in [1.165, 1.54) is 0 Å². The van der Waals surface area contributed by atoms with Gasteiger partial charge in [0.2, 0.25) is 0 Å². The first-order valence-electron chi connectivity index (χ1n) is 6.34. The van der Waals surface area contributed by atoms with E-state index in [-0.39, 0.29) is 12.5 Å². The molecule has 0 bridgehead atoms. The zero-order valence-electron chi connectivity index (χ0n) is 11.7. The monoisotopic (exact) mass is 269 g/mol. The fraction of sp³-hybridized carbons (Fsp3) is 0.571. The number of aliphatic hydroxyl groups excluding tert-OH is 2. The summed E-state index contributed by atoms with van der Waals surface area (Å²) in [7, 11) is 3.15. The molecule has 108 valence electrons. The summed E-state index contributed by atoms with van der Waals surface area (Å²) in [6.07, 6.45) is -0.684. The van der Waals surface area contributed by atoms with E-state index in [9.17, 15) is 5.11 Å². The van der Waals surface area contributed by atoms with Gasteiger partial charge in [-0.25, -0.2) is 0 Å². The van der Waals surface area contributed by atoms with Gasteiger partial charge in [0, 0.05) is 18.7 Å². The van der Waals surface area contributed by atoms with Crippen molar-refractivity contribution in [3.05, 3.63) is 23.8 Å². The van der Waals surface area contributed by atoms with Crippen molar-refractivity contribution >= 4 is 0 Å². The Morgan fingerprint density at radius 2 is 1.95 bits per heavy atom. The molecule has 0 spiro atoms. The zero-order valence-corrected chi connectivity index (χ0v) is 11.7. The maximum absolute atomic E-state index is 10.2. The van der Waals surface area contributed by atoms with Gasteiger partial charge in [0.1, 0.15) is 11.5 Å². The Labute approximate surface area is 114 Å². The fourth-order valence-electron chi connectivity index (χ4n) is 1.74. The topological polar surface area (TPSA) is 71.0 Å². The Morgan fingerprint density at radius 3 is 2.53 bits per heavy atom. The Morgan fingerprint density at radius 1 is 1.21 bits per heavy atom. The van der Waals surface area contributed by atoms with Gasteiger partial charge in [-0.3, -0.25) is 0 Å².